The first-order valence-electron chi connectivity index (χ1n) is 6.83. The Hall–Kier alpha value is -0.920. The Labute approximate surface area is 123 Å². The molecule has 0 aliphatic heterocycles. The number of sulfonamides is 1. The van der Waals surface area contributed by atoms with Gasteiger partial charge in [-0.2, -0.15) is 0 Å². The molecule has 0 radical (unpaired) electrons. The van der Waals surface area contributed by atoms with Gasteiger partial charge in [0.2, 0.25) is 15.9 Å². The zero-order chi connectivity index (χ0) is 14.6. The number of rotatable bonds is 5. The van der Waals surface area contributed by atoms with Crippen LogP contribution in [0.1, 0.15) is 43.4 Å². The topological polar surface area (TPSA) is 89.3 Å². The number of hydrogen-bond acceptors (Lipinski definition) is 4. The van der Waals surface area contributed by atoms with Gasteiger partial charge in [-0.25, -0.2) is 13.6 Å². The molecule has 0 atom stereocenters. The van der Waals surface area contributed by atoms with Crippen LogP contribution < -0.4 is 10.5 Å². The molecule has 1 heterocycles. The third-order valence-corrected chi connectivity index (χ3v) is 6.10. The van der Waals surface area contributed by atoms with Gasteiger partial charge >= 0.3 is 0 Å². The van der Waals surface area contributed by atoms with Crippen LogP contribution >= 0.6 is 11.3 Å². The molecule has 1 saturated carbocycles. The first-order chi connectivity index (χ1) is 9.45. The maximum absolute atomic E-state index is 11.8. The summed E-state index contributed by atoms with van der Waals surface area (Å²) < 4.78 is 22.4. The largest absolute Gasteiger partial charge is 0.351 e. The fourth-order valence-corrected chi connectivity index (χ4v) is 4.24. The van der Waals surface area contributed by atoms with E-state index in [4.69, 9.17) is 5.14 Å². The Morgan fingerprint density at radius 3 is 2.60 bits per heavy atom. The second-order valence-corrected chi connectivity index (χ2v) is 8.21. The zero-order valence-electron chi connectivity index (χ0n) is 11.3. The SMILES string of the molecule is NS(=O)(=O)c1ccc(CNC(=O)CC2CCCCC2)s1. The lowest BCUT2D eigenvalue weighted by Gasteiger charge is -2.20. The van der Waals surface area contributed by atoms with Crippen LogP contribution in [0.4, 0.5) is 0 Å². The van der Waals surface area contributed by atoms with Gasteiger partial charge in [-0.1, -0.05) is 19.3 Å². The van der Waals surface area contributed by atoms with Crippen LogP contribution in [0, 0.1) is 5.92 Å². The summed E-state index contributed by atoms with van der Waals surface area (Å²) in [6, 6.07) is 3.16. The third kappa shape index (κ3) is 4.57. The minimum atomic E-state index is -3.64. The molecule has 7 heteroatoms. The Balaban J connectivity index is 1.79. The van der Waals surface area contributed by atoms with Crippen LogP contribution in [0.25, 0.3) is 0 Å². The molecule has 1 fully saturated rings. The van der Waals surface area contributed by atoms with Crippen molar-refractivity contribution in [1.29, 1.82) is 0 Å². The Morgan fingerprint density at radius 1 is 1.30 bits per heavy atom. The van der Waals surface area contributed by atoms with Crippen LogP contribution in [0.15, 0.2) is 16.3 Å². The maximum Gasteiger partial charge on any atom is 0.247 e. The second-order valence-electron chi connectivity index (χ2n) is 5.25. The van der Waals surface area contributed by atoms with Gasteiger partial charge < -0.3 is 5.32 Å². The molecule has 1 aliphatic rings. The third-order valence-electron chi connectivity index (χ3n) is 3.58. The molecule has 1 aliphatic carbocycles. The molecule has 112 valence electrons. The van der Waals surface area contributed by atoms with E-state index in [0.29, 0.717) is 18.9 Å². The van der Waals surface area contributed by atoms with Gasteiger partial charge in [-0.15, -0.1) is 11.3 Å². The van der Waals surface area contributed by atoms with E-state index in [1.54, 1.807) is 6.07 Å². The van der Waals surface area contributed by atoms with Crippen molar-refractivity contribution in [2.75, 3.05) is 0 Å². The van der Waals surface area contributed by atoms with Crippen molar-refractivity contribution in [2.45, 2.75) is 49.3 Å². The molecular weight excluding hydrogens is 296 g/mol. The number of carbonyl (C=O) groups is 1. The highest BCUT2D eigenvalue weighted by Crippen LogP contribution is 2.26. The lowest BCUT2D eigenvalue weighted by atomic mass is 9.87. The molecule has 0 aromatic carbocycles. The summed E-state index contributed by atoms with van der Waals surface area (Å²) in [6.45, 7) is 0.367. The summed E-state index contributed by atoms with van der Waals surface area (Å²) in [4.78, 5) is 12.6. The number of amides is 1. The van der Waals surface area contributed by atoms with E-state index in [9.17, 15) is 13.2 Å². The zero-order valence-corrected chi connectivity index (χ0v) is 12.9. The summed E-state index contributed by atoms with van der Waals surface area (Å²) in [5, 5.41) is 7.89. The lowest BCUT2D eigenvalue weighted by molar-refractivity contribution is -0.122. The van der Waals surface area contributed by atoms with E-state index in [0.717, 1.165) is 29.1 Å². The van der Waals surface area contributed by atoms with Crippen LogP contribution in [-0.2, 0) is 21.4 Å². The monoisotopic (exact) mass is 316 g/mol. The van der Waals surface area contributed by atoms with Gasteiger partial charge in [-0.3, -0.25) is 4.79 Å². The second kappa shape index (κ2) is 6.69. The number of primary sulfonamides is 1. The lowest BCUT2D eigenvalue weighted by Crippen LogP contribution is -2.25. The number of nitrogens with one attached hydrogen (secondary N) is 1. The van der Waals surface area contributed by atoms with Gasteiger partial charge in [0.1, 0.15) is 4.21 Å². The average molecular weight is 316 g/mol. The summed E-state index contributed by atoms with van der Waals surface area (Å²) in [5.74, 6) is 0.550. The molecule has 0 unspecified atom stereocenters. The van der Waals surface area contributed by atoms with Crippen molar-refractivity contribution in [3.05, 3.63) is 17.0 Å². The summed E-state index contributed by atoms with van der Waals surface area (Å²) in [5.41, 5.74) is 0. The minimum absolute atomic E-state index is 0.0439. The van der Waals surface area contributed by atoms with Crippen molar-refractivity contribution in [2.24, 2.45) is 11.1 Å². The highest BCUT2D eigenvalue weighted by atomic mass is 32.2. The van der Waals surface area contributed by atoms with Crippen LogP contribution in [0.2, 0.25) is 0 Å². The van der Waals surface area contributed by atoms with E-state index in [1.807, 2.05) is 0 Å². The standard InChI is InChI=1S/C13H20N2O3S2/c14-20(17,18)13-7-6-11(19-13)9-15-12(16)8-10-4-2-1-3-5-10/h6-7,10H,1-5,8-9H2,(H,15,16)(H2,14,17,18). The molecule has 1 amide bonds. The van der Waals surface area contributed by atoms with E-state index in [-0.39, 0.29) is 10.1 Å². The minimum Gasteiger partial charge on any atom is -0.351 e. The average Bonchev–Trinajstić information content (AvgIpc) is 2.86. The van der Waals surface area contributed by atoms with E-state index >= 15 is 0 Å². The summed E-state index contributed by atoms with van der Waals surface area (Å²) in [7, 11) is -3.64. The Kier molecular flexibility index (Phi) is 5.17. The molecule has 2 rings (SSSR count). The molecule has 0 bridgehead atoms. The van der Waals surface area contributed by atoms with Crippen molar-refractivity contribution in [3.63, 3.8) is 0 Å². The smallest absolute Gasteiger partial charge is 0.247 e. The van der Waals surface area contributed by atoms with Gasteiger partial charge in [-0.05, 0) is 30.9 Å². The van der Waals surface area contributed by atoms with Gasteiger partial charge in [0.05, 0.1) is 6.54 Å². The normalized spacial score (nSPS) is 17.1. The quantitative estimate of drug-likeness (QED) is 0.870. The number of hydrogen-bond donors (Lipinski definition) is 2. The Bertz CT molecular complexity index is 560. The molecule has 1 aromatic heterocycles. The van der Waals surface area contributed by atoms with E-state index < -0.39 is 10.0 Å². The molecule has 3 N–H and O–H groups in total. The van der Waals surface area contributed by atoms with Crippen LogP contribution in [0.3, 0.4) is 0 Å². The van der Waals surface area contributed by atoms with Crippen molar-refractivity contribution in [3.8, 4) is 0 Å². The molecule has 0 saturated heterocycles. The summed E-state index contributed by atoms with van der Waals surface area (Å²) >= 11 is 1.10. The van der Waals surface area contributed by atoms with E-state index in [1.165, 1.54) is 25.3 Å². The van der Waals surface area contributed by atoms with Crippen molar-refractivity contribution >= 4 is 27.3 Å². The predicted octanol–water partition coefficient (Wildman–Crippen LogP) is 1.98. The van der Waals surface area contributed by atoms with Gasteiger partial charge in [0.15, 0.2) is 0 Å². The van der Waals surface area contributed by atoms with Crippen molar-refractivity contribution < 1.29 is 13.2 Å². The number of carbonyl (C=O) groups excluding carboxylic acids is 1. The fraction of sp³-hybridized carbons (Fsp3) is 0.615. The fourth-order valence-electron chi connectivity index (χ4n) is 2.52. The predicted molar refractivity (Wildman–Crippen MR) is 78.7 cm³/mol. The van der Waals surface area contributed by atoms with Crippen molar-refractivity contribution in [1.82, 2.24) is 5.32 Å². The molecular formula is C13H20N2O3S2. The first-order valence-corrected chi connectivity index (χ1v) is 9.19. The molecule has 1 aromatic rings. The van der Waals surface area contributed by atoms with Gasteiger partial charge in [0.25, 0.3) is 0 Å². The van der Waals surface area contributed by atoms with Crippen LogP contribution in [0.5, 0.6) is 0 Å². The van der Waals surface area contributed by atoms with Gasteiger partial charge in [0, 0.05) is 11.3 Å². The van der Waals surface area contributed by atoms with Crippen LogP contribution in [-0.4, -0.2) is 14.3 Å². The Morgan fingerprint density at radius 2 is 2.00 bits per heavy atom. The van der Waals surface area contributed by atoms with E-state index in [2.05, 4.69) is 5.32 Å². The number of nitrogens with two attached hydrogens (primary N) is 1. The molecule has 20 heavy (non-hydrogen) atoms. The molecule has 0 spiro atoms. The summed E-state index contributed by atoms with van der Waals surface area (Å²) in [6.07, 6.45) is 6.59. The first kappa shape index (κ1) is 15.5. The molecule has 5 nitrogen and oxygen atoms in total. The highest BCUT2D eigenvalue weighted by molar-refractivity contribution is 7.91. The maximum atomic E-state index is 11.8. The highest BCUT2D eigenvalue weighted by Gasteiger charge is 2.17. The number of thiophene rings is 1.